The second kappa shape index (κ2) is 5.92. The minimum atomic E-state index is -0.830. The summed E-state index contributed by atoms with van der Waals surface area (Å²) >= 11 is 0. The van der Waals surface area contributed by atoms with Gasteiger partial charge in [0.15, 0.2) is 11.6 Å². The molecule has 90 valence electrons. The van der Waals surface area contributed by atoms with Gasteiger partial charge in [0.05, 0.1) is 12.1 Å². The Kier molecular flexibility index (Phi) is 4.83. The first-order valence-corrected chi connectivity index (χ1v) is 5.29. The molecule has 0 spiro atoms. The van der Waals surface area contributed by atoms with Crippen molar-refractivity contribution in [2.45, 2.75) is 25.5 Å². The van der Waals surface area contributed by atoms with Crippen molar-refractivity contribution in [1.82, 2.24) is 5.32 Å². The van der Waals surface area contributed by atoms with E-state index < -0.39 is 11.6 Å². The molecule has 1 aromatic rings. The topological polar surface area (TPSA) is 21.3 Å². The molecule has 16 heavy (non-hydrogen) atoms. The number of hydrogen-bond acceptors (Lipinski definition) is 2. The maximum atomic E-state index is 13.1. The van der Waals surface area contributed by atoms with Gasteiger partial charge >= 0.3 is 0 Å². The smallest absolute Gasteiger partial charge is 0.159 e. The molecule has 0 amide bonds. The lowest BCUT2D eigenvalue weighted by Crippen LogP contribution is -2.30. The van der Waals surface area contributed by atoms with Crippen LogP contribution in [0.15, 0.2) is 18.2 Å². The van der Waals surface area contributed by atoms with Gasteiger partial charge in [-0.3, -0.25) is 0 Å². The first-order chi connectivity index (χ1) is 7.63. The lowest BCUT2D eigenvalue weighted by molar-refractivity contribution is 0.0674. The Bertz CT molecular complexity index is 340. The predicted molar refractivity (Wildman–Crippen MR) is 59.2 cm³/mol. The molecular formula is C12H17F2NO. The Labute approximate surface area is 94.6 Å². The molecule has 2 atom stereocenters. The Morgan fingerprint density at radius 2 is 2.00 bits per heavy atom. The normalized spacial score (nSPS) is 14.8. The monoisotopic (exact) mass is 229 g/mol. The Morgan fingerprint density at radius 3 is 2.44 bits per heavy atom. The molecule has 0 aliphatic carbocycles. The Balaban J connectivity index is 2.98. The highest BCUT2D eigenvalue weighted by Gasteiger charge is 2.20. The van der Waals surface area contributed by atoms with Crippen LogP contribution in [-0.2, 0) is 4.74 Å². The van der Waals surface area contributed by atoms with Crippen molar-refractivity contribution in [2.24, 2.45) is 0 Å². The van der Waals surface area contributed by atoms with Gasteiger partial charge in [-0.05, 0) is 31.2 Å². The lowest BCUT2D eigenvalue weighted by Gasteiger charge is -2.25. The van der Waals surface area contributed by atoms with Crippen LogP contribution in [-0.4, -0.2) is 20.3 Å². The quantitative estimate of drug-likeness (QED) is 0.838. The summed E-state index contributed by atoms with van der Waals surface area (Å²) < 4.78 is 31.2. The standard InChI is InChI=1S/C12H17F2NO/c1-4-11(16-3)12(15-2)8-5-6-9(13)10(14)7-8/h5-7,11-12,15H,4H2,1-3H3. The maximum Gasteiger partial charge on any atom is 0.159 e. The number of hydrogen-bond donors (Lipinski definition) is 1. The molecule has 0 aromatic heterocycles. The van der Waals surface area contributed by atoms with Gasteiger partial charge in [0.1, 0.15) is 0 Å². The van der Waals surface area contributed by atoms with Crippen molar-refractivity contribution in [3.05, 3.63) is 35.4 Å². The fourth-order valence-corrected chi connectivity index (χ4v) is 1.81. The number of nitrogens with one attached hydrogen (secondary N) is 1. The molecule has 2 nitrogen and oxygen atoms in total. The van der Waals surface area contributed by atoms with Crippen molar-refractivity contribution >= 4 is 0 Å². The molecule has 0 aliphatic rings. The van der Waals surface area contributed by atoms with Gasteiger partial charge < -0.3 is 10.1 Å². The number of ether oxygens (including phenoxy) is 1. The average molecular weight is 229 g/mol. The summed E-state index contributed by atoms with van der Waals surface area (Å²) in [5.74, 6) is -1.66. The maximum absolute atomic E-state index is 13.1. The van der Waals surface area contributed by atoms with Gasteiger partial charge in [0.2, 0.25) is 0 Å². The van der Waals surface area contributed by atoms with Crippen molar-refractivity contribution < 1.29 is 13.5 Å². The fourth-order valence-electron chi connectivity index (χ4n) is 1.81. The van der Waals surface area contributed by atoms with E-state index in [0.717, 1.165) is 12.5 Å². The van der Waals surface area contributed by atoms with Gasteiger partial charge in [-0.15, -0.1) is 0 Å². The largest absolute Gasteiger partial charge is 0.379 e. The molecule has 0 fully saturated rings. The molecule has 0 aliphatic heterocycles. The first-order valence-electron chi connectivity index (χ1n) is 5.29. The molecule has 0 radical (unpaired) electrons. The number of likely N-dealkylation sites (N-methyl/N-ethyl adjacent to an activating group) is 1. The van der Waals surface area contributed by atoms with Crippen LogP contribution in [0.1, 0.15) is 24.9 Å². The highest BCUT2D eigenvalue weighted by Crippen LogP contribution is 2.22. The van der Waals surface area contributed by atoms with Gasteiger partial charge in [0.25, 0.3) is 0 Å². The summed E-state index contributed by atoms with van der Waals surface area (Å²) in [4.78, 5) is 0. The summed E-state index contributed by atoms with van der Waals surface area (Å²) in [6, 6.07) is 3.78. The zero-order valence-corrected chi connectivity index (χ0v) is 9.76. The number of benzene rings is 1. The van der Waals surface area contributed by atoms with E-state index >= 15 is 0 Å². The van der Waals surface area contributed by atoms with E-state index in [2.05, 4.69) is 5.32 Å². The van der Waals surface area contributed by atoms with Gasteiger partial charge in [0, 0.05) is 7.11 Å². The predicted octanol–water partition coefficient (Wildman–Crippen LogP) is 2.65. The van der Waals surface area contributed by atoms with E-state index in [4.69, 9.17) is 4.74 Å². The van der Waals surface area contributed by atoms with Crippen LogP contribution < -0.4 is 5.32 Å². The molecule has 1 N–H and O–H groups in total. The Hall–Kier alpha value is -1.00. The molecule has 4 heteroatoms. The second-order valence-electron chi connectivity index (χ2n) is 3.62. The first kappa shape index (κ1) is 13.1. The van der Waals surface area contributed by atoms with Crippen LogP contribution in [0.25, 0.3) is 0 Å². The zero-order chi connectivity index (χ0) is 12.1. The lowest BCUT2D eigenvalue weighted by atomic mass is 9.99. The van der Waals surface area contributed by atoms with Crippen LogP contribution in [0, 0.1) is 11.6 Å². The summed E-state index contributed by atoms with van der Waals surface area (Å²) in [6.07, 6.45) is 0.732. The van der Waals surface area contributed by atoms with Crippen molar-refractivity contribution in [3.8, 4) is 0 Å². The molecule has 0 bridgehead atoms. The number of halogens is 2. The third-order valence-corrected chi connectivity index (χ3v) is 2.69. The van der Waals surface area contributed by atoms with Crippen LogP contribution in [0.2, 0.25) is 0 Å². The highest BCUT2D eigenvalue weighted by molar-refractivity contribution is 5.22. The third-order valence-electron chi connectivity index (χ3n) is 2.69. The summed E-state index contributed by atoms with van der Waals surface area (Å²) in [7, 11) is 3.38. The van der Waals surface area contributed by atoms with E-state index in [1.165, 1.54) is 6.07 Å². The zero-order valence-electron chi connectivity index (χ0n) is 9.76. The minimum Gasteiger partial charge on any atom is -0.379 e. The fraction of sp³-hybridized carbons (Fsp3) is 0.500. The SMILES string of the molecule is CCC(OC)C(NC)c1ccc(F)c(F)c1. The average Bonchev–Trinajstić information content (AvgIpc) is 2.29. The van der Waals surface area contributed by atoms with E-state index in [1.54, 1.807) is 20.2 Å². The molecule has 2 unspecified atom stereocenters. The summed E-state index contributed by atoms with van der Waals surface area (Å²) in [6.45, 7) is 1.98. The minimum absolute atomic E-state index is 0.0603. The molecule has 1 aromatic carbocycles. The summed E-state index contributed by atoms with van der Waals surface area (Å²) in [5, 5.41) is 3.05. The van der Waals surface area contributed by atoms with Gasteiger partial charge in [-0.2, -0.15) is 0 Å². The second-order valence-corrected chi connectivity index (χ2v) is 3.62. The molecular weight excluding hydrogens is 212 g/mol. The molecule has 0 heterocycles. The van der Waals surface area contributed by atoms with Crippen molar-refractivity contribution in [1.29, 1.82) is 0 Å². The summed E-state index contributed by atoms with van der Waals surface area (Å²) in [5.41, 5.74) is 0.690. The van der Waals surface area contributed by atoms with Crippen LogP contribution in [0.5, 0.6) is 0 Å². The molecule has 0 saturated heterocycles. The van der Waals surface area contributed by atoms with E-state index in [0.29, 0.717) is 5.56 Å². The van der Waals surface area contributed by atoms with Gasteiger partial charge in [-0.25, -0.2) is 8.78 Å². The van der Waals surface area contributed by atoms with E-state index in [-0.39, 0.29) is 12.1 Å². The van der Waals surface area contributed by atoms with Crippen LogP contribution in [0.3, 0.4) is 0 Å². The van der Waals surface area contributed by atoms with E-state index in [9.17, 15) is 8.78 Å². The van der Waals surface area contributed by atoms with Crippen molar-refractivity contribution in [3.63, 3.8) is 0 Å². The number of methoxy groups -OCH3 is 1. The number of rotatable bonds is 5. The van der Waals surface area contributed by atoms with E-state index in [1.807, 2.05) is 6.92 Å². The molecule has 0 saturated carbocycles. The van der Waals surface area contributed by atoms with Crippen molar-refractivity contribution in [2.75, 3.05) is 14.2 Å². The third kappa shape index (κ3) is 2.77. The molecule has 1 rings (SSSR count). The van der Waals surface area contributed by atoms with Crippen LogP contribution >= 0.6 is 0 Å². The van der Waals surface area contributed by atoms with Crippen LogP contribution in [0.4, 0.5) is 8.78 Å². The Morgan fingerprint density at radius 1 is 1.31 bits per heavy atom. The highest BCUT2D eigenvalue weighted by atomic mass is 19.2. The van der Waals surface area contributed by atoms with Gasteiger partial charge in [-0.1, -0.05) is 13.0 Å².